The molecule has 0 radical (unpaired) electrons. The van der Waals surface area contributed by atoms with Crippen LogP contribution in [-0.4, -0.2) is 12.2 Å². The van der Waals surface area contributed by atoms with Crippen LogP contribution in [0.1, 0.15) is 51.9 Å². The maximum Gasteiger partial charge on any atom is 0.0764 e. The van der Waals surface area contributed by atoms with Crippen LogP contribution in [0.5, 0.6) is 0 Å². The second kappa shape index (κ2) is 3.85. The summed E-state index contributed by atoms with van der Waals surface area (Å²) in [5, 5.41) is 0. The molecule has 5 atom stereocenters. The first kappa shape index (κ1) is 11.9. The average Bonchev–Trinajstić information content (AvgIpc) is 2.52. The van der Waals surface area contributed by atoms with Crippen LogP contribution >= 0.6 is 0 Å². The Bertz CT molecular complexity index is 540. The molecule has 0 aromatic rings. The lowest BCUT2D eigenvalue weighted by atomic mass is 9.51. The monoisotopic (exact) mass is 282 g/mol. The highest BCUT2D eigenvalue weighted by Crippen LogP contribution is 2.61. The molecule has 0 heterocycles. The van der Waals surface area contributed by atoms with Crippen molar-refractivity contribution >= 4 is 0 Å². The molecule has 0 aromatic carbocycles. The number of allylic oxidation sites excluding steroid dienone is 2. The number of rotatable bonds is 3. The lowest BCUT2D eigenvalue weighted by Crippen LogP contribution is -2.55. The minimum atomic E-state index is 0.418. The third kappa shape index (κ3) is 1.42. The maximum atomic E-state index is 6.67. The highest BCUT2D eigenvalue weighted by molar-refractivity contribution is 5.37. The van der Waals surface area contributed by atoms with E-state index < -0.39 is 0 Å². The molecular formula is C20H26O. The lowest BCUT2D eigenvalue weighted by Gasteiger charge is -2.59. The van der Waals surface area contributed by atoms with Crippen molar-refractivity contribution in [1.29, 1.82) is 0 Å². The molecule has 1 heteroatoms. The van der Waals surface area contributed by atoms with E-state index in [-0.39, 0.29) is 0 Å². The number of ether oxygens (including phenoxy) is 1. The largest absolute Gasteiger partial charge is 0.370 e. The van der Waals surface area contributed by atoms with Crippen molar-refractivity contribution in [3.63, 3.8) is 0 Å². The van der Waals surface area contributed by atoms with Gasteiger partial charge in [0.05, 0.1) is 12.2 Å². The zero-order valence-electron chi connectivity index (χ0n) is 13.1. The van der Waals surface area contributed by atoms with E-state index in [1.54, 1.807) is 11.1 Å². The summed E-state index contributed by atoms with van der Waals surface area (Å²) in [5.41, 5.74) is 5.40. The Balaban J connectivity index is 1.24. The standard InChI is InChI=1S/C20H26O/c1-10(16-8-12-4-13-9-14(5-12)19(13)16)21-20-17-6-11-2-3-15(17)18(20)7-11/h3,10-14,17-18,20H,2,4-9H2,1H3. The summed E-state index contributed by atoms with van der Waals surface area (Å²) in [5.74, 6) is 5.57. The number of fused-ring (bicyclic) bond motifs is 2. The van der Waals surface area contributed by atoms with Crippen LogP contribution in [0, 0.1) is 35.5 Å². The molecule has 6 saturated carbocycles. The topological polar surface area (TPSA) is 9.23 Å². The zero-order chi connectivity index (χ0) is 13.7. The number of hydrogen-bond acceptors (Lipinski definition) is 1. The van der Waals surface area contributed by atoms with Gasteiger partial charge in [-0.25, -0.2) is 0 Å². The van der Waals surface area contributed by atoms with Gasteiger partial charge in [-0.2, -0.15) is 0 Å². The predicted molar refractivity (Wildman–Crippen MR) is 82.7 cm³/mol. The first-order valence-electron chi connectivity index (χ1n) is 9.36. The average molecular weight is 282 g/mol. The van der Waals surface area contributed by atoms with E-state index in [1.807, 2.05) is 5.57 Å². The Morgan fingerprint density at radius 3 is 2.38 bits per heavy atom. The van der Waals surface area contributed by atoms with Gasteiger partial charge in [-0.05, 0) is 81.1 Å². The summed E-state index contributed by atoms with van der Waals surface area (Å²) in [6, 6.07) is 0. The first-order chi connectivity index (χ1) is 10.3. The zero-order valence-corrected chi connectivity index (χ0v) is 13.1. The Morgan fingerprint density at radius 1 is 1.00 bits per heavy atom. The molecule has 112 valence electrons. The third-order valence-corrected chi connectivity index (χ3v) is 7.93. The fraction of sp³-hybridized carbons (Fsp3) is 0.800. The summed E-state index contributed by atoms with van der Waals surface area (Å²) in [7, 11) is 0. The molecule has 8 bridgehead atoms. The molecule has 10 aliphatic rings. The van der Waals surface area contributed by atoms with Crippen LogP contribution in [-0.2, 0) is 4.74 Å². The van der Waals surface area contributed by atoms with Gasteiger partial charge in [0, 0.05) is 11.8 Å². The smallest absolute Gasteiger partial charge is 0.0764 e. The Morgan fingerprint density at radius 2 is 1.76 bits per heavy atom. The van der Waals surface area contributed by atoms with Gasteiger partial charge in [0.15, 0.2) is 0 Å². The van der Waals surface area contributed by atoms with E-state index in [0.717, 1.165) is 35.5 Å². The van der Waals surface area contributed by atoms with Gasteiger partial charge < -0.3 is 4.74 Å². The molecule has 21 heavy (non-hydrogen) atoms. The maximum absolute atomic E-state index is 6.67. The van der Waals surface area contributed by atoms with E-state index in [0.29, 0.717) is 12.2 Å². The van der Waals surface area contributed by atoms with Crippen molar-refractivity contribution in [3.8, 4) is 0 Å². The van der Waals surface area contributed by atoms with Crippen molar-refractivity contribution in [2.24, 2.45) is 35.5 Å². The Kier molecular flexibility index (Phi) is 2.19. The summed E-state index contributed by atoms with van der Waals surface area (Å²) in [6.07, 6.45) is 13.7. The summed E-state index contributed by atoms with van der Waals surface area (Å²) in [4.78, 5) is 0. The van der Waals surface area contributed by atoms with Crippen molar-refractivity contribution in [3.05, 3.63) is 22.8 Å². The molecule has 0 saturated heterocycles. The van der Waals surface area contributed by atoms with E-state index in [9.17, 15) is 0 Å². The van der Waals surface area contributed by atoms with Gasteiger partial charge in [-0.1, -0.05) is 17.2 Å². The normalized spacial score (nSPS) is 53.2. The molecule has 6 fully saturated rings. The lowest BCUT2D eigenvalue weighted by molar-refractivity contribution is -0.118. The molecule has 0 aliphatic heterocycles. The van der Waals surface area contributed by atoms with E-state index >= 15 is 0 Å². The predicted octanol–water partition coefficient (Wildman–Crippen LogP) is 4.49. The van der Waals surface area contributed by atoms with E-state index in [4.69, 9.17) is 4.74 Å². The Hall–Kier alpha value is -0.560. The first-order valence-corrected chi connectivity index (χ1v) is 9.36. The number of hydrogen-bond donors (Lipinski definition) is 0. The van der Waals surface area contributed by atoms with Gasteiger partial charge in [0.25, 0.3) is 0 Å². The summed E-state index contributed by atoms with van der Waals surface area (Å²) in [6.45, 7) is 2.36. The molecule has 0 spiro atoms. The molecule has 0 aromatic heterocycles. The summed E-state index contributed by atoms with van der Waals surface area (Å²) >= 11 is 0. The fourth-order valence-corrected chi connectivity index (χ4v) is 7.11. The molecule has 0 N–H and O–H groups in total. The minimum absolute atomic E-state index is 0.418. The van der Waals surface area contributed by atoms with Gasteiger partial charge in [0.1, 0.15) is 0 Å². The van der Waals surface area contributed by atoms with Gasteiger partial charge in [-0.3, -0.25) is 0 Å². The van der Waals surface area contributed by atoms with Crippen LogP contribution in [0.25, 0.3) is 0 Å². The SMILES string of the molecule is CC(OC1C2CC3CC=C2C1C3)C1=C2C3CC(C1)CC2C3. The Labute approximate surface area is 127 Å². The van der Waals surface area contributed by atoms with Crippen LogP contribution in [0.4, 0.5) is 0 Å². The molecule has 1 nitrogen and oxygen atoms in total. The van der Waals surface area contributed by atoms with E-state index in [1.165, 1.54) is 44.9 Å². The van der Waals surface area contributed by atoms with Crippen LogP contribution in [0.2, 0.25) is 0 Å². The quantitative estimate of drug-likeness (QED) is 0.693. The molecule has 10 aliphatic carbocycles. The van der Waals surface area contributed by atoms with Gasteiger partial charge >= 0.3 is 0 Å². The van der Waals surface area contributed by atoms with Gasteiger partial charge in [-0.15, -0.1) is 0 Å². The molecular weight excluding hydrogens is 256 g/mol. The van der Waals surface area contributed by atoms with Crippen molar-refractivity contribution in [2.75, 3.05) is 0 Å². The minimum Gasteiger partial charge on any atom is -0.370 e. The van der Waals surface area contributed by atoms with Crippen LogP contribution < -0.4 is 0 Å². The van der Waals surface area contributed by atoms with Crippen molar-refractivity contribution in [2.45, 2.75) is 64.1 Å². The molecule has 5 unspecified atom stereocenters. The van der Waals surface area contributed by atoms with E-state index in [2.05, 4.69) is 13.0 Å². The second-order valence-corrected chi connectivity index (χ2v) is 8.88. The van der Waals surface area contributed by atoms with Crippen LogP contribution in [0.15, 0.2) is 22.8 Å². The third-order valence-electron chi connectivity index (χ3n) is 7.93. The second-order valence-electron chi connectivity index (χ2n) is 8.88. The molecule has 10 rings (SSSR count). The highest BCUT2D eigenvalue weighted by Gasteiger charge is 2.55. The fourth-order valence-electron chi connectivity index (χ4n) is 7.11. The highest BCUT2D eigenvalue weighted by atomic mass is 16.5. The van der Waals surface area contributed by atoms with Gasteiger partial charge in [0.2, 0.25) is 0 Å². The molecule has 0 amide bonds. The summed E-state index contributed by atoms with van der Waals surface area (Å²) < 4.78 is 6.67. The van der Waals surface area contributed by atoms with Crippen molar-refractivity contribution in [1.82, 2.24) is 0 Å². The van der Waals surface area contributed by atoms with Crippen molar-refractivity contribution < 1.29 is 4.74 Å². The van der Waals surface area contributed by atoms with Crippen LogP contribution in [0.3, 0.4) is 0 Å².